The van der Waals surface area contributed by atoms with Crippen LogP contribution in [0.5, 0.6) is 0 Å². The molecule has 1 aromatic rings. The van der Waals surface area contributed by atoms with Gasteiger partial charge in [-0.3, -0.25) is 9.59 Å². The topological polar surface area (TPSA) is 89.5 Å². The van der Waals surface area contributed by atoms with Gasteiger partial charge in [-0.15, -0.1) is 0 Å². The second-order valence-electron chi connectivity index (χ2n) is 4.74. The van der Waals surface area contributed by atoms with Crippen LogP contribution in [0, 0.1) is 5.92 Å². The minimum atomic E-state index is -3.65. The standard InChI is InChI=1S/C14H19NO5S/c1-11(14(17)20-2)9-21(18,19)10-13(16)15-8-12-6-4-3-5-7-12/h3-7,11H,8-10H2,1-2H3,(H,15,16). The van der Waals surface area contributed by atoms with Crippen molar-refractivity contribution in [3.63, 3.8) is 0 Å². The maximum atomic E-state index is 11.8. The van der Waals surface area contributed by atoms with Crippen LogP contribution in [0.4, 0.5) is 0 Å². The van der Waals surface area contributed by atoms with Gasteiger partial charge in [0, 0.05) is 6.54 Å². The van der Waals surface area contributed by atoms with Gasteiger partial charge in [-0.05, 0) is 5.56 Å². The lowest BCUT2D eigenvalue weighted by Crippen LogP contribution is -2.33. The fourth-order valence-electron chi connectivity index (χ4n) is 1.76. The van der Waals surface area contributed by atoms with Crippen LogP contribution in [0.2, 0.25) is 0 Å². The fraction of sp³-hybridized carbons (Fsp3) is 0.429. The van der Waals surface area contributed by atoms with E-state index in [1.807, 2.05) is 30.3 Å². The quantitative estimate of drug-likeness (QED) is 0.742. The van der Waals surface area contributed by atoms with E-state index >= 15 is 0 Å². The number of carbonyl (C=O) groups excluding carboxylic acids is 2. The zero-order valence-electron chi connectivity index (χ0n) is 12.0. The second kappa shape index (κ2) is 7.78. The molecular weight excluding hydrogens is 294 g/mol. The molecule has 0 aliphatic carbocycles. The Kier molecular flexibility index (Phi) is 6.36. The van der Waals surface area contributed by atoms with Gasteiger partial charge in [0.1, 0.15) is 5.75 Å². The van der Waals surface area contributed by atoms with Crippen molar-refractivity contribution < 1.29 is 22.7 Å². The number of esters is 1. The van der Waals surface area contributed by atoms with Crippen molar-refractivity contribution >= 4 is 21.7 Å². The Morgan fingerprint density at radius 3 is 2.43 bits per heavy atom. The summed E-state index contributed by atoms with van der Waals surface area (Å²) in [5.41, 5.74) is 0.881. The molecule has 116 valence electrons. The van der Waals surface area contributed by atoms with Gasteiger partial charge in [0.2, 0.25) is 5.91 Å². The van der Waals surface area contributed by atoms with Gasteiger partial charge < -0.3 is 10.1 Å². The largest absolute Gasteiger partial charge is 0.469 e. The summed E-state index contributed by atoms with van der Waals surface area (Å²) in [7, 11) is -2.46. The van der Waals surface area contributed by atoms with E-state index in [4.69, 9.17) is 0 Å². The zero-order chi connectivity index (χ0) is 15.9. The predicted octanol–water partition coefficient (Wildman–Crippen LogP) is 0.527. The molecule has 1 rings (SSSR count). The first kappa shape index (κ1) is 17.2. The minimum Gasteiger partial charge on any atom is -0.469 e. The van der Waals surface area contributed by atoms with Crippen molar-refractivity contribution in [1.29, 1.82) is 0 Å². The van der Waals surface area contributed by atoms with Gasteiger partial charge in [-0.2, -0.15) is 0 Å². The monoisotopic (exact) mass is 313 g/mol. The lowest BCUT2D eigenvalue weighted by atomic mass is 10.2. The normalized spacial score (nSPS) is 12.5. The number of sulfone groups is 1. The summed E-state index contributed by atoms with van der Waals surface area (Å²) in [5.74, 6) is -3.03. The maximum Gasteiger partial charge on any atom is 0.309 e. The summed E-state index contributed by atoms with van der Waals surface area (Å²) in [4.78, 5) is 22.8. The first-order valence-electron chi connectivity index (χ1n) is 6.43. The molecule has 0 fully saturated rings. The first-order valence-corrected chi connectivity index (χ1v) is 8.25. The zero-order valence-corrected chi connectivity index (χ0v) is 12.9. The third-order valence-corrected chi connectivity index (χ3v) is 4.50. The van der Waals surface area contributed by atoms with Gasteiger partial charge in [0.25, 0.3) is 0 Å². The van der Waals surface area contributed by atoms with Crippen LogP contribution in [0.1, 0.15) is 12.5 Å². The number of carbonyl (C=O) groups is 2. The number of methoxy groups -OCH3 is 1. The summed E-state index contributed by atoms with van der Waals surface area (Å²) in [6.07, 6.45) is 0. The Balaban J connectivity index is 2.47. The molecule has 1 aromatic carbocycles. The average Bonchev–Trinajstić information content (AvgIpc) is 2.44. The van der Waals surface area contributed by atoms with E-state index in [1.165, 1.54) is 14.0 Å². The third kappa shape index (κ3) is 6.40. The molecule has 0 saturated carbocycles. The molecule has 21 heavy (non-hydrogen) atoms. The van der Waals surface area contributed by atoms with Crippen molar-refractivity contribution in [1.82, 2.24) is 5.32 Å². The Morgan fingerprint density at radius 2 is 1.86 bits per heavy atom. The number of benzene rings is 1. The molecule has 0 saturated heterocycles. The van der Waals surface area contributed by atoms with Gasteiger partial charge in [-0.1, -0.05) is 37.3 Å². The van der Waals surface area contributed by atoms with E-state index in [-0.39, 0.29) is 6.54 Å². The lowest BCUT2D eigenvalue weighted by Gasteiger charge is -2.10. The second-order valence-corrected chi connectivity index (χ2v) is 6.85. The maximum absolute atomic E-state index is 11.8. The van der Waals surface area contributed by atoms with Crippen LogP contribution >= 0.6 is 0 Å². The van der Waals surface area contributed by atoms with E-state index in [1.54, 1.807) is 0 Å². The van der Waals surface area contributed by atoms with Crippen molar-refractivity contribution in [2.24, 2.45) is 5.92 Å². The summed E-state index contributed by atoms with van der Waals surface area (Å²) in [6.45, 7) is 1.72. The smallest absolute Gasteiger partial charge is 0.309 e. The highest BCUT2D eigenvalue weighted by molar-refractivity contribution is 7.92. The van der Waals surface area contributed by atoms with Gasteiger partial charge in [-0.25, -0.2) is 8.42 Å². The molecule has 1 amide bonds. The molecule has 0 aliphatic rings. The van der Waals surface area contributed by atoms with Crippen molar-refractivity contribution in [2.45, 2.75) is 13.5 Å². The molecule has 0 spiro atoms. The number of hydrogen-bond donors (Lipinski definition) is 1. The molecule has 1 unspecified atom stereocenters. The van der Waals surface area contributed by atoms with Crippen LogP contribution < -0.4 is 5.32 Å². The summed E-state index contributed by atoms with van der Waals surface area (Å²) >= 11 is 0. The summed E-state index contributed by atoms with van der Waals surface area (Å²) in [5, 5.41) is 2.54. The van der Waals surface area contributed by atoms with E-state index in [0.717, 1.165) is 5.56 Å². The Morgan fingerprint density at radius 1 is 1.24 bits per heavy atom. The van der Waals surface area contributed by atoms with Gasteiger partial charge in [0.15, 0.2) is 9.84 Å². The van der Waals surface area contributed by atoms with E-state index in [0.29, 0.717) is 0 Å². The van der Waals surface area contributed by atoms with Crippen LogP contribution in [-0.2, 0) is 30.7 Å². The van der Waals surface area contributed by atoms with Crippen LogP contribution in [0.15, 0.2) is 30.3 Å². The molecule has 0 radical (unpaired) electrons. The highest BCUT2D eigenvalue weighted by atomic mass is 32.2. The SMILES string of the molecule is COC(=O)C(C)CS(=O)(=O)CC(=O)NCc1ccccc1. The average molecular weight is 313 g/mol. The van der Waals surface area contributed by atoms with Crippen LogP contribution in [-0.4, -0.2) is 38.9 Å². The molecule has 7 heteroatoms. The van der Waals surface area contributed by atoms with Gasteiger partial charge in [0.05, 0.1) is 18.8 Å². The van der Waals surface area contributed by atoms with E-state index in [2.05, 4.69) is 10.1 Å². The Labute approximate surface area is 124 Å². The summed E-state index contributed by atoms with van der Waals surface area (Å²) < 4.78 is 28.1. The molecule has 1 N–H and O–H groups in total. The molecule has 1 atom stereocenters. The molecule has 0 bridgehead atoms. The van der Waals surface area contributed by atoms with Crippen molar-refractivity contribution in [2.75, 3.05) is 18.6 Å². The number of rotatable bonds is 7. The molecule has 0 aromatic heterocycles. The highest BCUT2D eigenvalue weighted by Gasteiger charge is 2.24. The molecule has 6 nitrogen and oxygen atoms in total. The third-order valence-electron chi connectivity index (χ3n) is 2.79. The minimum absolute atomic E-state index is 0.266. The number of hydrogen-bond acceptors (Lipinski definition) is 5. The number of nitrogens with one attached hydrogen (secondary N) is 1. The van der Waals surface area contributed by atoms with Crippen LogP contribution in [0.3, 0.4) is 0 Å². The van der Waals surface area contributed by atoms with E-state index in [9.17, 15) is 18.0 Å². The fourth-order valence-corrected chi connectivity index (χ4v) is 3.27. The highest BCUT2D eigenvalue weighted by Crippen LogP contribution is 2.04. The molecular formula is C14H19NO5S. The number of amides is 1. The Bertz CT molecular complexity index is 583. The van der Waals surface area contributed by atoms with Crippen molar-refractivity contribution in [3.8, 4) is 0 Å². The molecule has 0 aliphatic heterocycles. The Hall–Kier alpha value is -1.89. The predicted molar refractivity (Wildman–Crippen MR) is 78.1 cm³/mol. The first-order chi connectivity index (χ1) is 9.84. The number of ether oxygens (including phenoxy) is 1. The van der Waals surface area contributed by atoms with Crippen molar-refractivity contribution in [3.05, 3.63) is 35.9 Å². The van der Waals surface area contributed by atoms with E-state index < -0.39 is 39.1 Å². The van der Waals surface area contributed by atoms with Gasteiger partial charge >= 0.3 is 5.97 Å². The summed E-state index contributed by atoms with van der Waals surface area (Å²) in [6, 6.07) is 9.17. The van der Waals surface area contributed by atoms with Crippen LogP contribution in [0.25, 0.3) is 0 Å². The lowest BCUT2D eigenvalue weighted by molar-refractivity contribution is -0.144. The molecule has 0 heterocycles.